The molecule has 0 spiro atoms. The lowest BCUT2D eigenvalue weighted by Crippen LogP contribution is -2.28. The van der Waals surface area contributed by atoms with Gasteiger partial charge < -0.3 is 5.32 Å². The maximum Gasteiger partial charge on any atom is 0.251 e. The molecule has 1 amide bonds. The minimum atomic E-state index is -3.28. The molecule has 2 aromatic rings. The number of fused-ring (bicyclic) bond motifs is 1. The van der Waals surface area contributed by atoms with Gasteiger partial charge in [0.15, 0.2) is 0 Å². The highest BCUT2D eigenvalue weighted by atomic mass is 32.2. The lowest BCUT2D eigenvalue weighted by Gasteiger charge is -2.17. The summed E-state index contributed by atoms with van der Waals surface area (Å²) in [6.45, 7) is 2.33. The molecular weight excluding hydrogens is 326 g/mol. The van der Waals surface area contributed by atoms with Gasteiger partial charge in [0, 0.05) is 24.5 Å². The first-order valence-electron chi connectivity index (χ1n) is 7.67. The second-order valence-corrected chi connectivity index (χ2v) is 7.81. The molecule has 24 heavy (non-hydrogen) atoms. The molecule has 0 fully saturated rings. The maximum atomic E-state index is 12.4. The first kappa shape index (κ1) is 16.4. The Bertz CT molecular complexity index is 866. The molecule has 0 bridgehead atoms. The van der Waals surface area contributed by atoms with Crippen LogP contribution in [0.25, 0.3) is 0 Å². The zero-order valence-electron chi connectivity index (χ0n) is 13.6. The number of anilines is 1. The second-order valence-electron chi connectivity index (χ2n) is 5.90. The van der Waals surface area contributed by atoms with Crippen LogP contribution < -0.4 is 9.62 Å². The molecule has 0 aliphatic carbocycles. The minimum absolute atomic E-state index is 0.138. The number of pyridine rings is 1. The number of hydrogen-bond donors (Lipinski definition) is 1. The van der Waals surface area contributed by atoms with Gasteiger partial charge in [-0.3, -0.25) is 14.1 Å². The largest absolute Gasteiger partial charge is 0.346 e. The molecule has 0 unspecified atom stereocenters. The van der Waals surface area contributed by atoms with Gasteiger partial charge in [0.1, 0.15) is 0 Å². The van der Waals surface area contributed by atoms with Crippen molar-refractivity contribution in [1.29, 1.82) is 0 Å². The van der Waals surface area contributed by atoms with Gasteiger partial charge in [-0.25, -0.2) is 8.42 Å². The molecule has 1 aliphatic rings. The van der Waals surface area contributed by atoms with E-state index in [1.54, 1.807) is 30.6 Å². The molecule has 0 radical (unpaired) electrons. The number of carbonyl (C=O) groups excluding carboxylic acids is 1. The summed E-state index contributed by atoms with van der Waals surface area (Å²) in [7, 11) is -3.28. The normalized spacial score (nSPS) is 15.0. The van der Waals surface area contributed by atoms with Crippen molar-refractivity contribution >= 4 is 21.6 Å². The highest BCUT2D eigenvalue weighted by Gasteiger charge is 2.26. The number of sulfonamides is 1. The number of rotatable bonds is 4. The number of nitrogens with one attached hydrogen (secondary N) is 1. The van der Waals surface area contributed by atoms with Crippen molar-refractivity contribution in [3.63, 3.8) is 0 Å². The summed E-state index contributed by atoms with van der Waals surface area (Å²) in [5.41, 5.74) is 3.05. The summed E-state index contributed by atoms with van der Waals surface area (Å²) in [5, 5.41) is 2.95. The van der Waals surface area contributed by atoms with E-state index in [9.17, 15) is 13.2 Å². The van der Waals surface area contributed by atoms with Crippen molar-refractivity contribution in [2.24, 2.45) is 0 Å². The maximum absolute atomic E-state index is 12.4. The van der Waals surface area contributed by atoms with Gasteiger partial charge in [-0.1, -0.05) is 0 Å². The number of carbonyl (C=O) groups is 1. The van der Waals surface area contributed by atoms with Gasteiger partial charge >= 0.3 is 0 Å². The van der Waals surface area contributed by atoms with Crippen molar-refractivity contribution in [3.8, 4) is 0 Å². The highest BCUT2D eigenvalue weighted by Crippen LogP contribution is 2.30. The average Bonchev–Trinajstić information content (AvgIpc) is 2.98. The van der Waals surface area contributed by atoms with Crippen LogP contribution in [0.4, 0.5) is 5.69 Å². The second kappa shape index (κ2) is 6.24. The lowest BCUT2D eigenvalue weighted by atomic mass is 10.1. The topological polar surface area (TPSA) is 79.4 Å². The van der Waals surface area contributed by atoms with Crippen LogP contribution in [0.15, 0.2) is 42.7 Å². The molecular formula is C17H19N3O3S. The molecule has 1 atom stereocenters. The number of benzene rings is 1. The van der Waals surface area contributed by atoms with Crippen molar-refractivity contribution in [2.75, 3.05) is 17.1 Å². The van der Waals surface area contributed by atoms with Crippen LogP contribution in [-0.2, 0) is 16.4 Å². The molecule has 0 saturated heterocycles. The van der Waals surface area contributed by atoms with E-state index in [1.807, 2.05) is 19.1 Å². The fourth-order valence-corrected chi connectivity index (χ4v) is 3.83. The van der Waals surface area contributed by atoms with Crippen LogP contribution in [0.5, 0.6) is 0 Å². The summed E-state index contributed by atoms with van der Waals surface area (Å²) < 4.78 is 24.9. The van der Waals surface area contributed by atoms with E-state index >= 15 is 0 Å². The molecule has 2 heterocycles. The van der Waals surface area contributed by atoms with Crippen LogP contribution in [-0.4, -0.2) is 32.1 Å². The predicted molar refractivity (Wildman–Crippen MR) is 92.5 cm³/mol. The smallest absolute Gasteiger partial charge is 0.251 e. The van der Waals surface area contributed by atoms with Gasteiger partial charge in [0.25, 0.3) is 5.91 Å². The molecule has 1 aliphatic heterocycles. The number of hydrogen-bond acceptors (Lipinski definition) is 4. The Morgan fingerprint density at radius 3 is 2.62 bits per heavy atom. The molecule has 1 aromatic heterocycles. The highest BCUT2D eigenvalue weighted by molar-refractivity contribution is 7.92. The molecule has 1 N–H and O–H groups in total. The standard InChI is InChI=1S/C17H19N3O3S/c1-12(13-5-8-18-9-6-13)19-17(21)15-3-4-16-14(11-15)7-10-20(16)24(2,22)23/h3-6,8-9,11-12H,7,10H2,1-2H3,(H,19,21)/t12-/m1/s1. The monoisotopic (exact) mass is 345 g/mol. The Hall–Kier alpha value is -2.41. The van der Waals surface area contributed by atoms with Gasteiger partial charge in [-0.15, -0.1) is 0 Å². The Morgan fingerprint density at radius 1 is 1.25 bits per heavy atom. The van der Waals surface area contributed by atoms with Gasteiger partial charge in [-0.2, -0.15) is 0 Å². The van der Waals surface area contributed by atoms with E-state index in [1.165, 1.54) is 10.6 Å². The van der Waals surface area contributed by atoms with Crippen LogP contribution >= 0.6 is 0 Å². The fourth-order valence-electron chi connectivity index (χ4n) is 2.87. The Morgan fingerprint density at radius 2 is 1.96 bits per heavy atom. The SMILES string of the molecule is C[C@@H](NC(=O)c1ccc2c(c1)CCN2S(C)(=O)=O)c1ccncc1. The summed E-state index contributed by atoms with van der Waals surface area (Å²) in [6.07, 6.45) is 5.18. The summed E-state index contributed by atoms with van der Waals surface area (Å²) in [4.78, 5) is 16.4. The fraction of sp³-hybridized carbons (Fsp3) is 0.294. The summed E-state index contributed by atoms with van der Waals surface area (Å²) in [6, 6.07) is 8.72. The quantitative estimate of drug-likeness (QED) is 0.918. The third-order valence-electron chi connectivity index (χ3n) is 4.15. The van der Waals surface area contributed by atoms with Crippen molar-refractivity contribution in [3.05, 3.63) is 59.4 Å². The van der Waals surface area contributed by atoms with Crippen molar-refractivity contribution in [2.45, 2.75) is 19.4 Å². The number of amides is 1. The predicted octanol–water partition coefficient (Wildman–Crippen LogP) is 1.89. The van der Waals surface area contributed by atoms with Crippen LogP contribution in [0.2, 0.25) is 0 Å². The summed E-state index contributed by atoms with van der Waals surface area (Å²) in [5.74, 6) is -0.181. The van der Waals surface area contributed by atoms with Gasteiger partial charge in [0.05, 0.1) is 18.0 Å². The number of aromatic nitrogens is 1. The van der Waals surface area contributed by atoms with Crippen LogP contribution in [0, 0.1) is 0 Å². The third kappa shape index (κ3) is 3.26. The Labute approximate surface area is 141 Å². The van der Waals surface area contributed by atoms with E-state index in [0.29, 0.717) is 24.2 Å². The molecule has 7 heteroatoms. The minimum Gasteiger partial charge on any atom is -0.346 e. The van der Waals surface area contributed by atoms with E-state index in [2.05, 4.69) is 10.3 Å². The molecule has 1 aromatic carbocycles. The molecule has 6 nitrogen and oxygen atoms in total. The van der Waals surface area contributed by atoms with E-state index in [-0.39, 0.29) is 11.9 Å². The van der Waals surface area contributed by atoms with E-state index in [4.69, 9.17) is 0 Å². The van der Waals surface area contributed by atoms with Gasteiger partial charge in [0.2, 0.25) is 10.0 Å². The van der Waals surface area contributed by atoms with Crippen molar-refractivity contribution in [1.82, 2.24) is 10.3 Å². The van der Waals surface area contributed by atoms with Gasteiger partial charge in [-0.05, 0) is 54.8 Å². The van der Waals surface area contributed by atoms with Crippen LogP contribution in [0.3, 0.4) is 0 Å². The summed E-state index contributed by atoms with van der Waals surface area (Å²) >= 11 is 0. The average molecular weight is 345 g/mol. The molecule has 126 valence electrons. The zero-order chi connectivity index (χ0) is 17.3. The zero-order valence-corrected chi connectivity index (χ0v) is 14.4. The number of nitrogens with zero attached hydrogens (tertiary/aromatic N) is 2. The van der Waals surface area contributed by atoms with E-state index in [0.717, 1.165) is 11.1 Å². The van der Waals surface area contributed by atoms with Crippen molar-refractivity contribution < 1.29 is 13.2 Å². The Kier molecular flexibility index (Phi) is 4.28. The Balaban J connectivity index is 1.78. The third-order valence-corrected chi connectivity index (χ3v) is 5.33. The van der Waals surface area contributed by atoms with E-state index < -0.39 is 10.0 Å². The molecule has 0 saturated carbocycles. The molecule has 3 rings (SSSR count). The van der Waals surface area contributed by atoms with Crippen LogP contribution in [0.1, 0.15) is 34.5 Å². The first-order chi connectivity index (χ1) is 11.4. The lowest BCUT2D eigenvalue weighted by molar-refractivity contribution is 0.0940. The first-order valence-corrected chi connectivity index (χ1v) is 9.52.